The molecule has 0 aliphatic carbocycles. The number of aromatic amines is 1. The van der Waals surface area contributed by atoms with Gasteiger partial charge in [-0.1, -0.05) is 0 Å². The summed E-state index contributed by atoms with van der Waals surface area (Å²) in [6, 6.07) is 0.663. The van der Waals surface area contributed by atoms with Crippen LogP contribution in [0.2, 0.25) is 0 Å². The average molecular weight is 259 g/mol. The Labute approximate surface area is 102 Å². The molecule has 1 fully saturated rings. The second-order valence-electron chi connectivity index (χ2n) is 3.83. The molecule has 17 heavy (non-hydrogen) atoms. The van der Waals surface area contributed by atoms with E-state index in [2.05, 4.69) is 17.6 Å². The van der Waals surface area contributed by atoms with Gasteiger partial charge in [-0.05, 0) is 0 Å². The number of thiol groups is 1. The van der Waals surface area contributed by atoms with Gasteiger partial charge < -0.3 is 15.6 Å². The van der Waals surface area contributed by atoms with Crippen LogP contribution in [-0.2, 0) is 4.74 Å². The number of ether oxygens (including phenoxy) is 1. The lowest BCUT2D eigenvalue weighted by atomic mass is 10.1. The fourth-order valence-electron chi connectivity index (χ4n) is 1.80. The second kappa shape index (κ2) is 4.65. The zero-order chi connectivity index (χ0) is 12.6. The number of nitrogens with one attached hydrogen (secondary N) is 1. The number of rotatable bonds is 2. The molecule has 2 rings (SSSR count). The summed E-state index contributed by atoms with van der Waals surface area (Å²) in [6.07, 6.45) is 0.0440. The van der Waals surface area contributed by atoms with Gasteiger partial charge in [-0.2, -0.15) is 12.6 Å². The van der Waals surface area contributed by atoms with Gasteiger partial charge in [0.15, 0.2) is 6.23 Å². The first-order chi connectivity index (χ1) is 8.04. The summed E-state index contributed by atoms with van der Waals surface area (Å²) in [6.45, 7) is -0.226. The van der Waals surface area contributed by atoms with Gasteiger partial charge in [0, 0.05) is 17.5 Å². The molecule has 4 N–H and O–H groups in total. The zero-order valence-corrected chi connectivity index (χ0v) is 9.71. The van der Waals surface area contributed by atoms with Crippen molar-refractivity contribution in [3.63, 3.8) is 0 Å². The van der Waals surface area contributed by atoms with Crippen LogP contribution in [0.25, 0.3) is 0 Å². The van der Waals surface area contributed by atoms with Crippen molar-refractivity contribution in [1.29, 1.82) is 0 Å². The molecule has 2 unspecified atom stereocenters. The van der Waals surface area contributed by atoms with Gasteiger partial charge in [-0.25, -0.2) is 4.79 Å². The molecule has 1 aliphatic rings. The van der Waals surface area contributed by atoms with Crippen LogP contribution in [0.5, 0.6) is 0 Å². The maximum absolute atomic E-state index is 11.6. The minimum Gasteiger partial charge on any atom is -0.394 e. The van der Waals surface area contributed by atoms with Crippen molar-refractivity contribution in [1.82, 2.24) is 9.55 Å². The molecule has 2 heterocycles. The topological polar surface area (TPSA) is 110 Å². The number of hydrogen-bond acceptors (Lipinski definition) is 6. The van der Waals surface area contributed by atoms with E-state index >= 15 is 0 Å². The number of hydrogen-bond donors (Lipinski definition) is 4. The Morgan fingerprint density at radius 1 is 1.59 bits per heavy atom. The fraction of sp³-hybridized carbons (Fsp3) is 0.556. The predicted octanol–water partition coefficient (Wildman–Crippen LogP) is -1.95. The molecule has 0 amide bonds. The molecule has 4 atom stereocenters. The Morgan fingerprint density at radius 2 is 2.29 bits per heavy atom. The van der Waals surface area contributed by atoms with E-state index in [1.807, 2.05) is 0 Å². The number of H-pyrrole nitrogens is 1. The molecule has 7 nitrogen and oxygen atoms in total. The van der Waals surface area contributed by atoms with Crippen LogP contribution >= 0.6 is 12.6 Å². The van der Waals surface area contributed by atoms with Crippen LogP contribution in [0.4, 0.5) is 0 Å². The molecule has 94 valence electrons. The van der Waals surface area contributed by atoms with Gasteiger partial charge in [-0.3, -0.25) is 14.3 Å². The standard InChI is InChI=1S/C9H13N3O4S/c10-6-7(17)4(3-13)16-8(6)12-2-1-5(14)11-9(12)15/h1-2,4,6-8,13,17H,3,10H2,(H,11,14,15)/t4-,6?,7?,8-/m0/s1. The molecule has 0 saturated carbocycles. The van der Waals surface area contributed by atoms with Crippen LogP contribution in [0.3, 0.4) is 0 Å². The van der Waals surface area contributed by atoms with Gasteiger partial charge >= 0.3 is 5.69 Å². The third-order valence-electron chi connectivity index (χ3n) is 2.72. The molecule has 8 heteroatoms. The van der Waals surface area contributed by atoms with E-state index < -0.39 is 29.6 Å². The summed E-state index contributed by atoms with van der Waals surface area (Å²) in [7, 11) is 0. The summed E-state index contributed by atoms with van der Waals surface area (Å²) < 4.78 is 6.62. The third-order valence-corrected chi connectivity index (χ3v) is 3.40. The molecule has 1 saturated heterocycles. The molecule has 0 radical (unpaired) electrons. The van der Waals surface area contributed by atoms with Gasteiger partial charge in [0.1, 0.15) is 0 Å². The molecule has 1 aromatic rings. The number of aliphatic hydroxyl groups is 1. The lowest BCUT2D eigenvalue weighted by molar-refractivity contribution is -0.0272. The number of nitrogens with two attached hydrogens (primary N) is 1. The molecule has 0 bridgehead atoms. The van der Waals surface area contributed by atoms with Crippen molar-refractivity contribution >= 4 is 12.6 Å². The largest absolute Gasteiger partial charge is 0.394 e. The number of aliphatic hydroxyl groups excluding tert-OH is 1. The van der Waals surface area contributed by atoms with Gasteiger partial charge in [-0.15, -0.1) is 0 Å². The highest BCUT2D eigenvalue weighted by Gasteiger charge is 2.41. The van der Waals surface area contributed by atoms with E-state index in [1.165, 1.54) is 16.8 Å². The SMILES string of the molecule is NC1C(S)[C@H](CO)O[C@@H]1n1ccc(=O)[nH]c1=O. The highest BCUT2D eigenvalue weighted by atomic mass is 32.1. The van der Waals surface area contributed by atoms with E-state index in [1.54, 1.807) is 0 Å². The molecule has 1 aromatic heterocycles. The fourth-order valence-corrected chi connectivity index (χ4v) is 2.11. The maximum Gasteiger partial charge on any atom is 0.330 e. The lowest BCUT2D eigenvalue weighted by Crippen LogP contribution is -2.41. The average Bonchev–Trinajstić information content (AvgIpc) is 2.57. The Bertz CT molecular complexity index is 513. The van der Waals surface area contributed by atoms with Crippen LogP contribution in [0.15, 0.2) is 21.9 Å². The van der Waals surface area contributed by atoms with Crippen LogP contribution in [0, 0.1) is 0 Å². The van der Waals surface area contributed by atoms with Crippen molar-refractivity contribution in [3.8, 4) is 0 Å². The van der Waals surface area contributed by atoms with Crippen molar-refractivity contribution < 1.29 is 9.84 Å². The van der Waals surface area contributed by atoms with E-state index in [0.29, 0.717) is 0 Å². The van der Waals surface area contributed by atoms with Gasteiger partial charge in [0.05, 0.1) is 18.8 Å². The van der Waals surface area contributed by atoms with E-state index in [4.69, 9.17) is 15.6 Å². The van der Waals surface area contributed by atoms with Crippen LogP contribution in [0.1, 0.15) is 6.23 Å². The first kappa shape index (κ1) is 12.4. The van der Waals surface area contributed by atoms with E-state index in [0.717, 1.165) is 0 Å². The Morgan fingerprint density at radius 3 is 2.82 bits per heavy atom. The second-order valence-corrected chi connectivity index (χ2v) is 4.43. The van der Waals surface area contributed by atoms with Crippen LogP contribution in [-0.4, -0.2) is 38.7 Å². The molecular formula is C9H13N3O4S. The smallest absolute Gasteiger partial charge is 0.330 e. The van der Waals surface area contributed by atoms with E-state index in [9.17, 15) is 9.59 Å². The number of aromatic nitrogens is 2. The minimum absolute atomic E-state index is 0.226. The summed E-state index contributed by atoms with van der Waals surface area (Å²) in [5.41, 5.74) is 4.78. The molecular weight excluding hydrogens is 246 g/mol. The minimum atomic E-state index is -0.737. The Balaban J connectivity index is 2.35. The molecule has 0 spiro atoms. The maximum atomic E-state index is 11.6. The Kier molecular flexibility index (Phi) is 3.38. The first-order valence-electron chi connectivity index (χ1n) is 5.06. The molecule has 1 aliphatic heterocycles. The zero-order valence-electron chi connectivity index (χ0n) is 8.81. The normalized spacial score (nSPS) is 32.9. The third kappa shape index (κ3) is 2.16. The van der Waals surface area contributed by atoms with Crippen molar-refractivity contribution in [2.75, 3.05) is 6.61 Å². The van der Waals surface area contributed by atoms with Crippen LogP contribution < -0.4 is 17.0 Å². The number of nitrogens with zero attached hydrogens (tertiary/aromatic N) is 1. The van der Waals surface area contributed by atoms with E-state index in [-0.39, 0.29) is 11.9 Å². The van der Waals surface area contributed by atoms with Crippen molar-refractivity contribution in [2.24, 2.45) is 5.73 Å². The van der Waals surface area contributed by atoms with Gasteiger partial charge in [0.25, 0.3) is 5.56 Å². The Hall–Kier alpha value is -1.09. The molecule has 0 aromatic carbocycles. The summed E-state index contributed by atoms with van der Waals surface area (Å²) in [4.78, 5) is 24.6. The summed E-state index contributed by atoms with van der Waals surface area (Å²) >= 11 is 4.23. The summed E-state index contributed by atoms with van der Waals surface area (Å²) in [5.74, 6) is 0. The van der Waals surface area contributed by atoms with Gasteiger partial charge in [0.2, 0.25) is 0 Å². The summed E-state index contributed by atoms with van der Waals surface area (Å²) in [5, 5.41) is 8.69. The monoisotopic (exact) mass is 259 g/mol. The highest BCUT2D eigenvalue weighted by Crippen LogP contribution is 2.29. The lowest BCUT2D eigenvalue weighted by Gasteiger charge is -2.17. The quantitative estimate of drug-likeness (QED) is 0.461. The van der Waals surface area contributed by atoms with Crippen molar-refractivity contribution in [2.45, 2.75) is 23.6 Å². The predicted molar refractivity (Wildman–Crippen MR) is 63.1 cm³/mol. The first-order valence-corrected chi connectivity index (χ1v) is 5.57. The highest BCUT2D eigenvalue weighted by molar-refractivity contribution is 7.81. The van der Waals surface area contributed by atoms with Crippen molar-refractivity contribution in [3.05, 3.63) is 33.1 Å².